The van der Waals surface area contributed by atoms with E-state index in [1.807, 2.05) is 0 Å². The van der Waals surface area contributed by atoms with Crippen molar-refractivity contribution in [1.29, 1.82) is 0 Å². The number of aryl methyl sites for hydroxylation is 1. The van der Waals surface area contributed by atoms with Gasteiger partial charge in [0, 0.05) is 18.8 Å². The van der Waals surface area contributed by atoms with Crippen LogP contribution in [0.25, 0.3) is 0 Å². The fraction of sp³-hybridized carbons (Fsp3) is 0.545. The zero-order valence-corrected chi connectivity index (χ0v) is 9.64. The van der Waals surface area contributed by atoms with Crippen LogP contribution >= 0.6 is 0 Å². The number of aromatic nitrogens is 2. The number of carboxylic acid groups (broad SMARTS) is 1. The van der Waals surface area contributed by atoms with Gasteiger partial charge in [-0.1, -0.05) is 0 Å². The lowest BCUT2D eigenvalue weighted by atomic mass is 9.98. The molecule has 17 heavy (non-hydrogen) atoms. The number of carbonyl (C=O) groups excluding carboxylic acids is 1. The lowest BCUT2D eigenvalue weighted by Crippen LogP contribution is -2.42. The zero-order chi connectivity index (χ0) is 12.4. The largest absolute Gasteiger partial charge is 0.481 e. The minimum Gasteiger partial charge on any atom is -0.481 e. The summed E-state index contributed by atoms with van der Waals surface area (Å²) in [5, 5.41) is 15.5. The molecule has 6 heteroatoms. The molecule has 1 aromatic heterocycles. The summed E-state index contributed by atoms with van der Waals surface area (Å²) >= 11 is 0. The zero-order valence-electron chi connectivity index (χ0n) is 9.64. The molecule has 1 amide bonds. The molecule has 1 aromatic rings. The molecule has 0 spiro atoms. The maximum Gasteiger partial charge on any atom is 0.308 e. The molecule has 6 nitrogen and oxygen atoms in total. The number of carbonyl (C=O) groups is 2. The molecule has 1 aliphatic rings. The van der Waals surface area contributed by atoms with Gasteiger partial charge in [-0.3, -0.25) is 14.7 Å². The smallest absolute Gasteiger partial charge is 0.308 e. The Labute approximate surface area is 98.6 Å². The lowest BCUT2D eigenvalue weighted by molar-refractivity contribution is -0.143. The SMILES string of the molecule is Cc1[nH]ncc1C(=O)N1CCC[C@H](C(=O)O)C1. The van der Waals surface area contributed by atoms with Crippen molar-refractivity contribution in [3.05, 3.63) is 17.5 Å². The first-order valence-electron chi connectivity index (χ1n) is 5.61. The normalized spacial score (nSPS) is 20.3. The first-order valence-corrected chi connectivity index (χ1v) is 5.61. The molecule has 1 aliphatic heterocycles. The second-order valence-corrected chi connectivity index (χ2v) is 4.34. The average Bonchev–Trinajstić information content (AvgIpc) is 2.74. The van der Waals surface area contributed by atoms with Crippen molar-refractivity contribution in [2.75, 3.05) is 13.1 Å². The van der Waals surface area contributed by atoms with Gasteiger partial charge in [-0.15, -0.1) is 0 Å². The van der Waals surface area contributed by atoms with Crippen LogP contribution in [-0.2, 0) is 4.79 Å². The molecule has 1 fully saturated rings. The topological polar surface area (TPSA) is 86.3 Å². The highest BCUT2D eigenvalue weighted by Crippen LogP contribution is 2.19. The van der Waals surface area contributed by atoms with Crippen LogP contribution in [0, 0.1) is 12.8 Å². The maximum absolute atomic E-state index is 12.1. The quantitative estimate of drug-likeness (QED) is 0.791. The number of H-pyrrole nitrogens is 1. The third kappa shape index (κ3) is 2.30. The molecule has 92 valence electrons. The molecule has 2 N–H and O–H groups in total. The van der Waals surface area contributed by atoms with E-state index in [-0.39, 0.29) is 5.91 Å². The van der Waals surface area contributed by atoms with Crippen LogP contribution in [0.1, 0.15) is 28.9 Å². The van der Waals surface area contributed by atoms with Gasteiger partial charge in [-0.05, 0) is 19.8 Å². The monoisotopic (exact) mass is 237 g/mol. The van der Waals surface area contributed by atoms with Crippen molar-refractivity contribution in [1.82, 2.24) is 15.1 Å². The van der Waals surface area contributed by atoms with E-state index < -0.39 is 11.9 Å². The van der Waals surface area contributed by atoms with E-state index in [4.69, 9.17) is 5.11 Å². The Kier molecular flexibility index (Phi) is 3.12. The Morgan fingerprint density at radius 3 is 2.94 bits per heavy atom. The molecular weight excluding hydrogens is 222 g/mol. The Morgan fingerprint density at radius 1 is 1.59 bits per heavy atom. The third-order valence-electron chi connectivity index (χ3n) is 3.12. The Balaban J connectivity index is 2.10. The van der Waals surface area contributed by atoms with Crippen molar-refractivity contribution >= 4 is 11.9 Å². The second-order valence-electron chi connectivity index (χ2n) is 4.34. The van der Waals surface area contributed by atoms with Gasteiger partial charge in [-0.2, -0.15) is 5.10 Å². The molecule has 0 aromatic carbocycles. The molecule has 0 radical (unpaired) electrons. The summed E-state index contributed by atoms with van der Waals surface area (Å²) in [6.45, 7) is 2.69. The second kappa shape index (κ2) is 4.57. The predicted octanol–water partition coefficient (Wildman–Crippen LogP) is 0.655. The highest BCUT2D eigenvalue weighted by atomic mass is 16.4. The van der Waals surface area contributed by atoms with Crippen LogP contribution < -0.4 is 0 Å². The number of aliphatic carboxylic acids is 1. The standard InChI is InChI=1S/C11H15N3O3/c1-7-9(5-12-13-7)10(15)14-4-2-3-8(6-14)11(16)17/h5,8H,2-4,6H2,1H3,(H,12,13)(H,16,17)/t8-/m0/s1. The average molecular weight is 237 g/mol. The minimum absolute atomic E-state index is 0.137. The van der Waals surface area contributed by atoms with Gasteiger partial charge >= 0.3 is 5.97 Å². The number of rotatable bonds is 2. The lowest BCUT2D eigenvalue weighted by Gasteiger charge is -2.30. The van der Waals surface area contributed by atoms with E-state index in [0.717, 1.165) is 6.42 Å². The summed E-state index contributed by atoms with van der Waals surface area (Å²) in [5.41, 5.74) is 1.24. The summed E-state index contributed by atoms with van der Waals surface area (Å²) in [6.07, 6.45) is 2.87. The van der Waals surface area contributed by atoms with Crippen molar-refractivity contribution in [3.8, 4) is 0 Å². The molecule has 0 bridgehead atoms. The molecule has 0 unspecified atom stereocenters. The predicted molar refractivity (Wildman–Crippen MR) is 59.6 cm³/mol. The highest BCUT2D eigenvalue weighted by molar-refractivity contribution is 5.95. The summed E-state index contributed by atoms with van der Waals surface area (Å²) in [4.78, 5) is 24.6. The van der Waals surface area contributed by atoms with Crippen LogP contribution in [0.4, 0.5) is 0 Å². The van der Waals surface area contributed by atoms with Crippen LogP contribution in [0.15, 0.2) is 6.20 Å². The van der Waals surface area contributed by atoms with Crippen molar-refractivity contribution in [2.45, 2.75) is 19.8 Å². The number of hydrogen-bond acceptors (Lipinski definition) is 3. The number of carboxylic acids is 1. The van der Waals surface area contributed by atoms with E-state index in [9.17, 15) is 9.59 Å². The van der Waals surface area contributed by atoms with Crippen LogP contribution in [0.3, 0.4) is 0 Å². The van der Waals surface area contributed by atoms with Gasteiger partial charge in [0.2, 0.25) is 0 Å². The fourth-order valence-corrected chi connectivity index (χ4v) is 2.10. The van der Waals surface area contributed by atoms with Gasteiger partial charge in [-0.25, -0.2) is 0 Å². The maximum atomic E-state index is 12.1. The van der Waals surface area contributed by atoms with Crippen LogP contribution in [0.2, 0.25) is 0 Å². The molecule has 2 rings (SSSR count). The van der Waals surface area contributed by atoms with Crippen LogP contribution in [-0.4, -0.2) is 45.2 Å². The van der Waals surface area contributed by atoms with E-state index in [0.29, 0.717) is 30.8 Å². The Morgan fingerprint density at radius 2 is 2.35 bits per heavy atom. The number of amides is 1. The molecular formula is C11H15N3O3. The van der Waals surface area contributed by atoms with Gasteiger partial charge in [0.15, 0.2) is 0 Å². The van der Waals surface area contributed by atoms with Crippen molar-refractivity contribution < 1.29 is 14.7 Å². The van der Waals surface area contributed by atoms with E-state index >= 15 is 0 Å². The van der Waals surface area contributed by atoms with Gasteiger partial charge < -0.3 is 10.0 Å². The van der Waals surface area contributed by atoms with Crippen LogP contribution in [0.5, 0.6) is 0 Å². The summed E-state index contributed by atoms with van der Waals surface area (Å²) in [6, 6.07) is 0. The molecule has 1 saturated heterocycles. The molecule has 0 saturated carbocycles. The first-order chi connectivity index (χ1) is 8.09. The number of piperidine rings is 1. The van der Waals surface area contributed by atoms with Gasteiger partial charge in [0.25, 0.3) is 5.91 Å². The van der Waals surface area contributed by atoms with E-state index in [2.05, 4.69) is 10.2 Å². The summed E-state index contributed by atoms with van der Waals surface area (Å²) in [5.74, 6) is -1.41. The molecule has 1 atom stereocenters. The molecule has 2 heterocycles. The van der Waals surface area contributed by atoms with E-state index in [1.165, 1.54) is 6.20 Å². The van der Waals surface area contributed by atoms with Gasteiger partial charge in [0.1, 0.15) is 0 Å². The number of hydrogen-bond donors (Lipinski definition) is 2. The first kappa shape index (κ1) is 11.6. The Bertz CT molecular complexity index is 441. The van der Waals surface area contributed by atoms with E-state index in [1.54, 1.807) is 11.8 Å². The third-order valence-corrected chi connectivity index (χ3v) is 3.12. The number of nitrogens with one attached hydrogen (secondary N) is 1. The number of aromatic amines is 1. The summed E-state index contributed by atoms with van der Waals surface area (Å²) in [7, 11) is 0. The van der Waals surface area contributed by atoms with Crippen molar-refractivity contribution in [3.63, 3.8) is 0 Å². The van der Waals surface area contributed by atoms with Gasteiger partial charge in [0.05, 0.1) is 17.7 Å². The Hall–Kier alpha value is -1.85. The number of likely N-dealkylation sites (tertiary alicyclic amines) is 1. The highest BCUT2D eigenvalue weighted by Gasteiger charge is 2.29. The summed E-state index contributed by atoms with van der Waals surface area (Å²) < 4.78 is 0. The minimum atomic E-state index is -0.827. The molecule has 0 aliphatic carbocycles. The van der Waals surface area contributed by atoms with Crippen molar-refractivity contribution in [2.24, 2.45) is 5.92 Å². The number of nitrogens with zero attached hydrogens (tertiary/aromatic N) is 2. The fourth-order valence-electron chi connectivity index (χ4n) is 2.10.